The molecule has 25 heavy (non-hydrogen) atoms. The number of benzene rings is 2. The minimum Gasteiger partial charge on any atom is -0.294 e. The van der Waals surface area contributed by atoms with Crippen molar-refractivity contribution >= 4 is 11.6 Å². The van der Waals surface area contributed by atoms with Crippen LogP contribution in [0, 0.1) is 0 Å². The highest BCUT2D eigenvalue weighted by atomic mass is 16.2. The SMILES string of the molecule is CC(=NNC(=O)[C@]1(C)NC(C)(C)Cc2ccccc21)c1ccccc1. The summed E-state index contributed by atoms with van der Waals surface area (Å²) in [6.07, 6.45) is 0.887. The minimum absolute atomic E-state index is 0.150. The number of rotatable bonds is 3. The van der Waals surface area contributed by atoms with Gasteiger partial charge in [-0.3, -0.25) is 10.1 Å². The molecule has 0 fully saturated rings. The van der Waals surface area contributed by atoms with E-state index in [9.17, 15) is 4.79 Å². The standard InChI is InChI=1S/C21H25N3O/c1-15(16-10-6-5-7-11-16)22-23-19(25)21(4)18-13-9-8-12-17(18)14-20(2,3)24-21/h5-13,24H,14H2,1-4H3,(H,23,25)/t21-/m1/s1. The summed E-state index contributed by atoms with van der Waals surface area (Å²) in [5.74, 6) is -0.150. The van der Waals surface area contributed by atoms with Gasteiger partial charge in [-0.15, -0.1) is 0 Å². The molecule has 4 heteroatoms. The van der Waals surface area contributed by atoms with Crippen molar-refractivity contribution in [3.05, 3.63) is 71.3 Å². The lowest BCUT2D eigenvalue weighted by molar-refractivity contribution is -0.128. The number of amides is 1. The summed E-state index contributed by atoms with van der Waals surface area (Å²) in [5.41, 5.74) is 5.75. The maximum atomic E-state index is 13.0. The van der Waals surface area contributed by atoms with E-state index >= 15 is 0 Å². The molecule has 2 N–H and O–H groups in total. The fourth-order valence-electron chi connectivity index (χ4n) is 3.60. The van der Waals surface area contributed by atoms with E-state index < -0.39 is 5.54 Å². The molecule has 0 saturated carbocycles. The van der Waals surface area contributed by atoms with Crippen molar-refractivity contribution in [2.24, 2.45) is 5.10 Å². The first-order valence-corrected chi connectivity index (χ1v) is 8.60. The van der Waals surface area contributed by atoms with E-state index in [4.69, 9.17) is 0 Å². The molecule has 0 spiro atoms. The number of nitrogens with one attached hydrogen (secondary N) is 2. The molecule has 1 heterocycles. The van der Waals surface area contributed by atoms with E-state index in [1.807, 2.05) is 62.4 Å². The predicted molar refractivity (Wildman–Crippen MR) is 102 cm³/mol. The van der Waals surface area contributed by atoms with Crippen LogP contribution in [0.25, 0.3) is 0 Å². The average molecular weight is 335 g/mol. The molecule has 3 rings (SSSR count). The molecule has 1 aliphatic rings. The number of fused-ring (bicyclic) bond motifs is 1. The Balaban J connectivity index is 1.88. The lowest BCUT2D eigenvalue weighted by Crippen LogP contribution is -2.62. The Morgan fingerprint density at radius 1 is 1.04 bits per heavy atom. The van der Waals surface area contributed by atoms with Gasteiger partial charge in [-0.25, -0.2) is 5.43 Å². The molecule has 1 amide bonds. The summed E-state index contributed by atoms with van der Waals surface area (Å²) in [6, 6.07) is 17.9. The molecular formula is C21H25N3O. The van der Waals surface area contributed by atoms with E-state index in [0.717, 1.165) is 23.3 Å². The molecule has 4 nitrogen and oxygen atoms in total. The molecular weight excluding hydrogens is 310 g/mol. The van der Waals surface area contributed by atoms with E-state index in [-0.39, 0.29) is 11.4 Å². The van der Waals surface area contributed by atoms with Gasteiger partial charge in [0, 0.05) is 5.54 Å². The van der Waals surface area contributed by atoms with E-state index in [2.05, 4.69) is 35.8 Å². The van der Waals surface area contributed by atoms with Crippen molar-refractivity contribution in [3.63, 3.8) is 0 Å². The monoisotopic (exact) mass is 335 g/mol. The first kappa shape index (κ1) is 17.4. The number of nitrogens with zero attached hydrogens (tertiary/aromatic N) is 1. The minimum atomic E-state index is -0.821. The van der Waals surface area contributed by atoms with Gasteiger partial charge in [0.15, 0.2) is 0 Å². The smallest absolute Gasteiger partial charge is 0.264 e. The third-order valence-electron chi connectivity index (χ3n) is 4.75. The van der Waals surface area contributed by atoms with Gasteiger partial charge in [-0.05, 0) is 50.8 Å². The van der Waals surface area contributed by atoms with Crippen LogP contribution in [0.4, 0.5) is 0 Å². The summed E-state index contributed by atoms with van der Waals surface area (Å²) >= 11 is 0. The van der Waals surface area contributed by atoms with Crippen LogP contribution in [0.5, 0.6) is 0 Å². The molecule has 0 unspecified atom stereocenters. The highest BCUT2D eigenvalue weighted by Gasteiger charge is 2.44. The second kappa shape index (κ2) is 6.45. The van der Waals surface area contributed by atoms with Crippen molar-refractivity contribution < 1.29 is 4.79 Å². The van der Waals surface area contributed by atoms with Crippen LogP contribution >= 0.6 is 0 Å². The van der Waals surface area contributed by atoms with Crippen LogP contribution < -0.4 is 10.7 Å². The molecule has 1 aliphatic heterocycles. The number of hydrogen-bond donors (Lipinski definition) is 2. The van der Waals surface area contributed by atoms with Gasteiger partial charge < -0.3 is 0 Å². The van der Waals surface area contributed by atoms with Gasteiger partial charge in [0.1, 0.15) is 5.54 Å². The molecule has 2 aromatic rings. The Labute approximate surface area is 149 Å². The summed E-state index contributed by atoms with van der Waals surface area (Å²) in [7, 11) is 0. The summed E-state index contributed by atoms with van der Waals surface area (Å²) < 4.78 is 0. The van der Waals surface area contributed by atoms with Crippen molar-refractivity contribution in [1.82, 2.24) is 10.7 Å². The van der Waals surface area contributed by atoms with Crippen LogP contribution in [-0.2, 0) is 16.8 Å². The lowest BCUT2D eigenvalue weighted by atomic mass is 9.76. The number of hydrogen-bond acceptors (Lipinski definition) is 3. The molecule has 1 atom stereocenters. The molecule has 0 aromatic heterocycles. The zero-order valence-corrected chi connectivity index (χ0v) is 15.3. The molecule has 0 radical (unpaired) electrons. The zero-order valence-electron chi connectivity index (χ0n) is 15.3. The highest BCUT2D eigenvalue weighted by molar-refractivity contribution is 5.99. The fraction of sp³-hybridized carbons (Fsp3) is 0.333. The third kappa shape index (κ3) is 3.49. The van der Waals surface area contributed by atoms with Gasteiger partial charge in [-0.1, -0.05) is 54.6 Å². The van der Waals surface area contributed by atoms with Crippen molar-refractivity contribution in [1.29, 1.82) is 0 Å². The second-order valence-corrected chi connectivity index (χ2v) is 7.47. The molecule has 2 aromatic carbocycles. The summed E-state index contributed by atoms with van der Waals surface area (Å²) in [5, 5.41) is 7.82. The molecule has 0 bridgehead atoms. The van der Waals surface area contributed by atoms with Crippen molar-refractivity contribution in [3.8, 4) is 0 Å². The predicted octanol–water partition coefficient (Wildman–Crippen LogP) is 3.37. The zero-order chi connectivity index (χ0) is 18.1. The lowest BCUT2D eigenvalue weighted by Gasteiger charge is -2.44. The molecule has 0 saturated heterocycles. The Kier molecular flexibility index (Phi) is 4.48. The van der Waals surface area contributed by atoms with Crippen LogP contribution in [-0.4, -0.2) is 17.2 Å². The highest BCUT2D eigenvalue weighted by Crippen LogP contribution is 2.34. The Morgan fingerprint density at radius 3 is 2.40 bits per heavy atom. The Morgan fingerprint density at radius 2 is 1.68 bits per heavy atom. The van der Waals surface area contributed by atoms with Crippen LogP contribution in [0.15, 0.2) is 59.7 Å². The number of carbonyl (C=O) groups is 1. The van der Waals surface area contributed by atoms with Crippen LogP contribution in [0.1, 0.15) is 44.4 Å². The first-order valence-electron chi connectivity index (χ1n) is 8.60. The average Bonchev–Trinajstić information content (AvgIpc) is 2.59. The van der Waals surface area contributed by atoms with E-state index in [1.54, 1.807) is 0 Å². The van der Waals surface area contributed by atoms with Crippen LogP contribution in [0.2, 0.25) is 0 Å². The van der Waals surface area contributed by atoms with E-state index in [1.165, 1.54) is 5.56 Å². The molecule has 0 aliphatic carbocycles. The fourth-order valence-corrected chi connectivity index (χ4v) is 3.60. The van der Waals surface area contributed by atoms with Gasteiger partial charge >= 0.3 is 0 Å². The quantitative estimate of drug-likeness (QED) is 0.667. The van der Waals surface area contributed by atoms with Crippen molar-refractivity contribution in [2.75, 3.05) is 0 Å². The Hall–Kier alpha value is -2.46. The summed E-state index contributed by atoms with van der Waals surface area (Å²) in [4.78, 5) is 13.0. The normalized spacial score (nSPS) is 22.2. The van der Waals surface area contributed by atoms with Gasteiger partial charge in [0.05, 0.1) is 5.71 Å². The van der Waals surface area contributed by atoms with Gasteiger partial charge in [0.25, 0.3) is 5.91 Å². The van der Waals surface area contributed by atoms with Gasteiger partial charge in [0.2, 0.25) is 0 Å². The summed E-state index contributed by atoms with van der Waals surface area (Å²) in [6.45, 7) is 8.06. The number of hydrazone groups is 1. The van der Waals surface area contributed by atoms with Crippen LogP contribution in [0.3, 0.4) is 0 Å². The van der Waals surface area contributed by atoms with Gasteiger partial charge in [-0.2, -0.15) is 5.10 Å². The van der Waals surface area contributed by atoms with Crippen molar-refractivity contribution in [2.45, 2.75) is 45.2 Å². The Bertz CT molecular complexity index is 811. The number of carbonyl (C=O) groups excluding carboxylic acids is 1. The topological polar surface area (TPSA) is 53.5 Å². The first-order chi connectivity index (χ1) is 11.8. The third-order valence-corrected chi connectivity index (χ3v) is 4.75. The molecule has 130 valence electrons. The largest absolute Gasteiger partial charge is 0.294 e. The maximum absolute atomic E-state index is 13.0. The second-order valence-electron chi connectivity index (χ2n) is 7.47. The maximum Gasteiger partial charge on any atom is 0.264 e. The van der Waals surface area contributed by atoms with E-state index in [0.29, 0.717) is 0 Å².